The van der Waals surface area contributed by atoms with Gasteiger partial charge in [0.2, 0.25) is 0 Å². The van der Waals surface area contributed by atoms with Crippen LogP contribution in [0.1, 0.15) is 43.9 Å². The smallest absolute Gasteiger partial charge is 0.0629 e. The molecule has 1 aliphatic carbocycles. The molecule has 1 aromatic heterocycles. The fourth-order valence-electron chi connectivity index (χ4n) is 2.43. The summed E-state index contributed by atoms with van der Waals surface area (Å²) in [5, 5.41) is 0. The SMILES string of the molecule is C/C=C/c1cc(CC2CCCC2)ccn1. The number of nitrogens with zero attached hydrogens (tertiary/aromatic N) is 1. The van der Waals surface area contributed by atoms with Crippen molar-refractivity contribution < 1.29 is 0 Å². The van der Waals surface area contributed by atoms with E-state index in [2.05, 4.69) is 23.2 Å². The second-order valence-electron chi connectivity index (χ2n) is 4.44. The molecular weight excluding hydrogens is 182 g/mol. The molecule has 0 saturated heterocycles. The van der Waals surface area contributed by atoms with Gasteiger partial charge in [-0.1, -0.05) is 31.8 Å². The number of pyridine rings is 1. The third-order valence-electron chi connectivity index (χ3n) is 3.18. The molecule has 0 unspecified atom stereocenters. The van der Waals surface area contributed by atoms with Crippen LogP contribution in [0.4, 0.5) is 0 Å². The Morgan fingerprint density at radius 1 is 1.40 bits per heavy atom. The van der Waals surface area contributed by atoms with Gasteiger partial charge in [0, 0.05) is 6.20 Å². The summed E-state index contributed by atoms with van der Waals surface area (Å²) in [4.78, 5) is 4.32. The quantitative estimate of drug-likeness (QED) is 0.724. The predicted octanol–water partition coefficient (Wildman–Crippen LogP) is 3.85. The van der Waals surface area contributed by atoms with E-state index >= 15 is 0 Å². The fourth-order valence-corrected chi connectivity index (χ4v) is 2.43. The minimum Gasteiger partial charge on any atom is -0.257 e. The molecule has 1 heteroatoms. The van der Waals surface area contributed by atoms with Crippen molar-refractivity contribution in [2.75, 3.05) is 0 Å². The van der Waals surface area contributed by atoms with Crippen LogP contribution in [0.15, 0.2) is 24.4 Å². The molecule has 80 valence electrons. The number of hydrogen-bond donors (Lipinski definition) is 0. The molecule has 1 nitrogen and oxygen atoms in total. The van der Waals surface area contributed by atoms with Gasteiger partial charge in [0.15, 0.2) is 0 Å². The van der Waals surface area contributed by atoms with E-state index in [4.69, 9.17) is 0 Å². The molecule has 0 spiro atoms. The first kappa shape index (κ1) is 10.4. The standard InChI is InChI=1S/C14H19N/c1-2-5-14-11-13(8-9-15-14)10-12-6-3-4-7-12/h2,5,8-9,11-12H,3-4,6-7,10H2,1H3/b5-2+. The van der Waals surface area contributed by atoms with Crippen molar-refractivity contribution in [3.8, 4) is 0 Å². The molecule has 0 amide bonds. The Labute approximate surface area is 92.2 Å². The molecule has 1 aromatic rings. The first-order chi connectivity index (χ1) is 7.38. The van der Waals surface area contributed by atoms with Gasteiger partial charge in [0.25, 0.3) is 0 Å². The second kappa shape index (κ2) is 5.11. The average Bonchev–Trinajstić information content (AvgIpc) is 2.71. The number of hydrogen-bond acceptors (Lipinski definition) is 1. The summed E-state index contributed by atoms with van der Waals surface area (Å²) >= 11 is 0. The van der Waals surface area contributed by atoms with Crippen molar-refractivity contribution in [3.05, 3.63) is 35.7 Å². The Morgan fingerprint density at radius 3 is 2.93 bits per heavy atom. The summed E-state index contributed by atoms with van der Waals surface area (Å²) in [6.45, 7) is 2.03. The van der Waals surface area contributed by atoms with Crippen molar-refractivity contribution in [2.45, 2.75) is 39.0 Å². The van der Waals surface area contributed by atoms with Crippen LogP contribution in [0.5, 0.6) is 0 Å². The van der Waals surface area contributed by atoms with Gasteiger partial charge in [-0.2, -0.15) is 0 Å². The van der Waals surface area contributed by atoms with E-state index in [1.165, 1.54) is 37.7 Å². The van der Waals surface area contributed by atoms with Gasteiger partial charge in [-0.15, -0.1) is 0 Å². The molecule has 1 aliphatic rings. The third-order valence-corrected chi connectivity index (χ3v) is 3.18. The number of rotatable bonds is 3. The van der Waals surface area contributed by atoms with E-state index in [9.17, 15) is 0 Å². The zero-order valence-electron chi connectivity index (χ0n) is 9.45. The van der Waals surface area contributed by atoms with Crippen molar-refractivity contribution >= 4 is 6.08 Å². The molecule has 0 aliphatic heterocycles. The summed E-state index contributed by atoms with van der Waals surface area (Å²) in [7, 11) is 0. The summed E-state index contributed by atoms with van der Waals surface area (Å²) in [6.07, 6.45) is 13.0. The Morgan fingerprint density at radius 2 is 2.20 bits per heavy atom. The summed E-state index contributed by atoms with van der Waals surface area (Å²) in [5.74, 6) is 0.922. The van der Waals surface area contributed by atoms with E-state index in [0.29, 0.717) is 0 Å². The molecule has 0 N–H and O–H groups in total. The lowest BCUT2D eigenvalue weighted by atomic mass is 9.98. The van der Waals surface area contributed by atoms with Gasteiger partial charge in [-0.3, -0.25) is 4.98 Å². The highest BCUT2D eigenvalue weighted by atomic mass is 14.7. The Hall–Kier alpha value is -1.11. The largest absolute Gasteiger partial charge is 0.257 e. The van der Waals surface area contributed by atoms with Gasteiger partial charge in [-0.25, -0.2) is 0 Å². The third kappa shape index (κ3) is 2.92. The van der Waals surface area contributed by atoms with Crippen LogP contribution >= 0.6 is 0 Å². The lowest BCUT2D eigenvalue weighted by Crippen LogP contribution is -1.99. The van der Waals surface area contributed by atoms with E-state index < -0.39 is 0 Å². The van der Waals surface area contributed by atoms with Gasteiger partial charge in [0.1, 0.15) is 0 Å². The van der Waals surface area contributed by atoms with Crippen LogP contribution in [-0.4, -0.2) is 4.98 Å². The van der Waals surface area contributed by atoms with Crippen molar-refractivity contribution in [1.82, 2.24) is 4.98 Å². The molecule has 2 rings (SSSR count). The Balaban J connectivity index is 2.03. The van der Waals surface area contributed by atoms with Crippen LogP contribution < -0.4 is 0 Å². The van der Waals surface area contributed by atoms with Crippen molar-refractivity contribution in [1.29, 1.82) is 0 Å². The Bertz CT molecular complexity index is 335. The van der Waals surface area contributed by atoms with Crippen LogP contribution in [0, 0.1) is 5.92 Å². The molecular formula is C14H19N. The molecule has 0 bridgehead atoms. The maximum atomic E-state index is 4.32. The maximum absolute atomic E-state index is 4.32. The lowest BCUT2D eigenvalue weighted by Gasteiger charge is -2.08. The zero-order valence-corrected chi connectivity index (χ0v) is 9.45. The average molecular weight is 201 g/mol. The van der Waals surface area contributed by atoms with Gasteiger partial charge in [-0.05, 0) is 43.0 Å². The minimum absolute atomic E-state index is 0.922. The van der Waals surface area contributed by atoms with Crippen molar-refractivity contribution in [3.63, 3.8) is 0 Å². The number of aromatic nitrogens is 1. The zero-order chi connectivity index (χ0) is 10.5. The Kier molecular flexibility index (Phi) is 3.54. The normalized spacial score (nSPS) is 17.7. The molecule has 15 heavy (non-hydrogen) atoms. The van der Waals surface area contributed by atoms with Crippen LogP contribution in [-0.2, 0) is 6.42 Å². The molecule has 1 heterocycles. The van der Waals surface area contributed by atoms with E-state index in [1.807, 2.05) is 19.2 Å². The number of allylic oxidation sites excluding steroid dienone is 1. The van der Waals surface area contributed by atoms with E-state index in [0.717, 1.165) is 11.6 Å². The highest BCUT2D eigenvalue weighted by Crippen LogP contribution is 2.27. The topological polar surface area (TPSA) is 12.9 Å². The maximum Gasteiger partial charge on any atom is 0.0629 e. The highest BCUT2D eigenvalue weighted by molar-refractivity contribution is 5.44. The van der Waals surface area contributed by atoms with Crippen LogP contribution in [0.3, 0.4) is 0 Å². The monoisotopic (exact) mass is 201 g/mol. The highest BCUT2D eigenvalue weighted by Gasteiger charge is 2.15. The molecule has 0 aromatic carbocycles. The second-order valence-corrected chi connectivity index (χ2v) is 4.44. The molecule has 1 fully saturated rings. The lowest BCUT2D eigenvalue weighted by molar-refractivity contribution is 0.546. The minimum atomic E-state index is 0.922. The first-order valence-corrected chi connectivity index (χ1v) is 5.96. The summed E-state index contributed by atoms with van der Waals surface area (Å²) < 4.78 is 0. The summed E-state index contributed by atoms with van der Waals surface area (Å²) in [5.41, 5.74) is 2.54. The summed E-state index contributed by atoms with van der Waals surface area (Å²) in [6, 6.07) is 4.38. The van der Waals surface area contributed by atoms with Crippen LogP contribution in [0.2, 0.25) is 0 Å². The van der Waals surface area contributed by atoms with Gasteiger partial charge in [0.05, 0.1) is 5.69 Å². The van der Waals surface area contributed by atoms with E-state index in [1.54, 1.807) is 0 Å². The van der Waals surface area contributed by atoms with E-state index in [-0.39, 0.29) is 0 Å². The predicted molar refractivity (Wildman–Crippen MR) is 64.6 cm³/mol. The van der Waals surface area contributed by atoms with Gasteiger partial charge < -0.3 is 0 Å². The molecule has 1 saturated carbocycles. The first-order valence-electron chi connectivity index (χ1n) is 5.96. The molecule has 0 radical (unpaired) electrons. The van der Waals surface area contributed by atoms with Crippen molar-refractivity contribution in [2.24, 2.45) is 5.92 Å². The fraction of sp³-hybridized carbons (Fsp3) is 0.500. The molecule has 0 atom stereocenters. The van der Waals surface area contributed by atoms with Crippen LogP contribution in [0.25, 0.3) is 6.08 Å². The van der Waals surface area contributed by atoms with Gasteiger partial charge >= 0.3 is 0 Å².